The van der Waals surface area contributed by atoms with E-state index in [4.69, 9.17) is 0 Å². The fourth-order valence-electron chi connectivity index (χ4n) is 0.672. The van der Waals surface area contributed by atoms with Crippen LogP contribution in [0.1, 0.15) is 19.4 Å². The lowest BCUT2D eigenvalue weighted by Gasteiger charge is -1.85. The van der Waals surface area contributed by atoms with Crippen LogP contribution < -0.4 is 0 Å². The summed E-state index contributed by atoms with van der Waals surface area (Å²) in [7, 11) is 1.31. The molecule has 0 radical (unpaired) electrons. The first-order chi connectivity index (χ1) is 8.65. The molecule has 0 unspecified atom stereocenters. The summed E-state index contributed by atoms with van der Waals surface area (Å²) in [5.74, 6) is -0.394. The summed E-state index contributed by atoms with van der Waals surface area (Å²) in [6, 6.07) is 10.0. The number of hydrogen-bond acceptors (Lipinski definition) is 2. The maximum Gasteiger partial charge on any atom is 0.329 e. The molecule has 1 rings (SSSR count). The van der Waals surface area contributed by atoms with E-state index in [2.05, 4.69) is 17.9 Å². The molecule has 18 heavy (non-hydrogen) atoms. The van der Waals surface area contributed by atoms with Gasteiger partial charge in [0.25, 0.3) is 0 Å². The molecular weight excluding hydrogens is 224 g/mol. The molecule has 0 spiro atoms. The average molecular weight is 246 g/mol. The van der Waals surface area contributed by atoms with Crippen molar-refractivity contribution in [1.82, 2.24) is 0 Å². The average Bonchev–Trinajstić information content (AvgIpc) is 2.48. The van der Waals surface area contributed by atoms with Crippen LogP contribution in [0.3, 0.4) is 0 Å². The van der Waals surface area contributed by atoms with Gasteiger partial charge in [-0.1, -0.05) is 61.7 Å². The molecule has 1 aromatic carbocycles. The molecule has 0 aliphatic heterocycles. The smallest absolute Gasteiger partial charge is 0.329 e. The van der Waals surface area contributed by atoms with Crippen LogP contribution in [-0.2, 0) is 9.53 Å². The normalized spacial score (nSPS) is 8.17. The van der Waals surface area contributed by atoms with E-state index in [0.717, 1.165) is 6.08 Å². The molecule has 0 bridgehead atoms. The Bertz CT molecular complexity index is 347. The van der Waals surface area contributed by atoms with Gasteiger partial charge >= 0.3 is 5.97 Å². The standard InChI is InChI=1S/C8H8.C4H6O2.C4H8/c1-2-8-6-4-3-5-7-8;1-3-4(5)6-2;1-3-4-2/h2-7H,1H2;3H,1H2,2H3;3-4H,1-2H3. The molecule has 0 aliphatic rings. The van der Waals surface area contributed by atoms with Gasteiger partial charge in [0.05, 0.1) is 7.11 Å². The van der Waals surface area contributed by atoms with Gasteiger partial charge in [-0.3, -0.25) is 0 Å². The Hall–Kier alpha value is -2.09. The Morgan fingerprint density at radius 2 is 1.61 bits per heavy atom. The van der Waals surface area contributed by atoms with Crippen LogP contribution in [0, 0.1) is 0 Å². The summed E-state index contributed by atoms with van der Waals surface area (Å²) in [5, 5.41) is 0. The number of carbonyl (C=O) groups is 1. The molecule has 0 heterocycles. The number of benzene rings is 1. The summed E-state index contributed by atoms with van der Waals surface area (Å²) in [4.78, 5) is 9.84. The van der Waals surface area contributed by atoms with Gasteiger partial charge in [-0.05, 0) is 19.4 Å². The third kappa shape index (κ3) is 13.9. The van der Waals surface area contributed by atoms with Gasteiger partial charge in [-0.15, -0.1) is 0 Å². The Labute approximate surface area is 110 Å². The zero-order valence-corrected chi connectivity index (χ0v) is 11.4. The minimum absolute atomic E-state index is 0.394. The van der Waals surface area contributed by atoms with Crippen molar-refractivity contribution in [3.8, 4) is 0 Å². The van der Waals surface area contributed by atoms with Crippen LogP contribution in [0.25, 0.3) is 6.08 Å². The van der Waals surface area contributed by atoms with Gasteiger partial charge in [-0.25, -0.2) is 4.79 Å². The van der Waals surface area contributed by atoms with Crippen molar-refractivity contribution < 1.29 is 9.53 Å². The third-order valence-corrected chi connectivity index (χ3v) is 1.74. The quantitative estimate of drug-likeness (QED) is 0.443. The van der Waals surface area contributed by atoms with E-state index < -0.39 is 5.97 Å². The van der Waals surface area contributed by atoms with E-state index in [1.54, 1.807) is 0 Å². The molecule has 1 aromatic rings. The van der Waals surface area contributed by atoms with Crippen LogP contribution >= 0.6 is 0 Å². The largest absolute Gasteiger partial charge is 0.466 e. The Balaban J connectivity index is 0. The molecule has 0 saturated heterocycles. The second kappa shape index (κ2) is 14.9. The van der Waals surface area contributed by atoms with Gasteiger partial charge < -0.3 is 4.74 Å². The third-order valence-electron chi connectivity index (χ3n) is 1.74. The highest BCUT2D eigenvalue weighted by Gasteiger charge is 1.81. The van der Waals surface area contributed by atoms with E-state index in [9.17, 15) is 4.79 Å². The summed E-state index contributed by atoms with van der Waals surface area (Å²) >= 11 is 0. The lowest BCUT2D eigenvalue weighted by atomic mass is 10.2. The molecule has 0 atom stereocenters. The van der Waals surface area contributed by atoms with Crippen LogP contribution in [0.15, 0.2) is 61.7 Å². The maximum atomic E-state index is 9.84. The van der Waals surface area contributed by atoms with E-state index in [1.807, 2.05) is 62.4 Å². The van der Waals surface area contributed by atoms with Crippen LogP contribution in [0.2, 0.25) is 0 Å². The molecule has 0 N–H and O–H groups in total. The number of esters is 1. The Morgan fingerprint density at radius 1 is 1.11 bits per heavy atom. The SMILES string of the molecule is C=CC(=O)OC.C=Cc1ccccc1.CC=CC. The Kier molecular flexibility index (Phi) is 15.1. The van der Waals surface area contributed by atoms with Crippen molar-refractivity contribution in [3.05, 3.63) is 67.3 Å². The van der Waals surface area contributed by atoms with E-state index in [-0.39, 0.29) is 0 Å². The second-order valence-electron chi connectivity index (χ2n) is 3.01. The molecule has 98 valence electrons. The second-order valence-corrected chi connectivity index (χ2v) is 3.01. The molecule has 2 heteroatoms. The molecule has 0 aliphatic carbocycles. The van der Waals surface area contributed by atoms with Crippen molar-refractivity contribution >= 4 is 12.0 Å². The summed E-state index contributed by atoms with van der Waals surface area (Å²) in [6.45, 7) is 10.8. The monoisotopic (exact) mass is 246 g/mol. The zero-order valence-electron chi connectivity index (χ0n) is 11.4. The lowest BCUT2D eigenvalue weighted by molar-refractivity contribution is -0.134. The van der Waals surface area contributed by atoms with Crippen LogP contribution in [0.4, 0.5) is 0 Å². The van der Waals surface area contributed by atoms with E-state index in [1.165, 1.54) is 12.7 Å². The van der Waals surface area contributed by atoms with Gasteiger partial charge in [0.2, 0.25) is 0 Å². The van der Waals surface area contributed by atoms with Crippen molar-refractivity contribution in [1.29, 1.82) is 0 Å². The fourth-order valence-corrected chi connectivity index (χ4v) is 0.672. The first kappa shape index (κ1) is 18.3. The van der Waals surface area contributed by atoms with Crippen molar-refractivity contribution in [2.24, 2.45) is 0 Å². The van der Waals surface area contributed by atoms with Crippen LogP contribution in [0.5, 0.6) is 0 Å². The summed E-state index contributed by atoms with van der Waals surface area (Å²) in [5.41, 5.74) is 1.17. The Morgan fingerprint density at radius 3 is 1.78 bits per heavy atom. The van der Waals surface area contributed by atoms with Crippen molar-refractivity contribution in [2.75, 3.05) is 7.11 Å². The predicted molar refractivity (Wildman–Crippen MR) is 79.2 cm³/mol. The van der Waals surface area contributed by atoms with E-state index in [0.29, 0.717) is 0 Å². The maximum absolute atomic E-state index is 9.84. The number of ether oxygens (including phenoxy) is 1. The first-order valence-electron chi connectivity index (χ1n) is 5.61. The van der Waals surface area contributed by atoms with Crippen LogP contribution in [-0.4, -0.2) is 13.1 Å². The zero-order chi connectivity index (χ0) is 14.2. The minimum Gasteiger partial charge on any atom is -0.466 e. The summed E-state index contributed by atoms with van der Waals surface area (Å²) < 4.78 is 4.14. The number of rotatable bonds is 2. The lowest BCUT2D eigenvalue weighted by Crippen LogP contribution is -1.91. The minimum atomic E-state index is -0.394. The molecule has 0 saturated carbocycles. The molecule has 0 amide bonds. The first-order valence-corrected chi connectivity index (χ1v) is 5.61. The van der Waals surface area contributed by atoms with Gasteiger partial charge in [0, 0.05) is 6.08 Å². The highest BCUT2D eigenvalue weighted by molar-refractivity contribution is 5.80. The summed E-state index contributed by atoms with van der Waals surface area (Å²) in [6.07, 6.45) is 6.94. The van der Waals surface area contributed by atoms with Gasteiger partial charge in [-0.2, -0.15) is 0 Å². The van der Waals surface area contributed by atoms with Crippen molar-refractivity contribution in [2.45, 2.75) is 13.8 Å². The number of carbonyl (C=O) groups excluding carboxylic acids is 1. The fraction of sp³-hybridized carbons (Fsp3) is 0.188. The molecule has 2 nitrogen and oxygen atoms in total. The van der Waals surface area contributed by atoms with E-state index >= 15 is 0 Å². The highest BCUT2D eigenvalue weighted by Crippen LogP contribution is 1.97. The van der Waals surface area contributed by atoms with Crippen molar-refractivity contribution in [3.63, 3.8) is 0 Å². The number of allylic oxidation sites excluding steroid dienone is 2. The topological polar surface area (TPSA) is 26.3 Å². The van der Waals surface area contributed by atoms with Gasteiger partial charge in [0.15, 0.2) is 0 Å². The predicted octanol–water partition coefficient (Wildman–Crippen LogP) is 4.26. The number of methoxy groups -OCH3 is 1. The number of hydrogen-bond donors (Lipinski definition) is 0. The molecule has 0 fully saturated rings. The molecule has 0 aromatic heterocycles. The van der Waals surface area contributed by atoms with Gasteiger partial charge in [0.1, 0.15) is 0 Å². The highest BCUT2D eigenvalue weighted by atomic mass is 16.5. The molecular formula is C16H22O2.